The number of rotatable bonds is 6. The minimum absolute atomic E-state index is 0.1000. The van der Waals surface area contributed by atoms with Crippen molar-refractivity contribution < 1.29 is 9.59 Å². The maximum atomic E-state index is 12.0. The highest BCUT2D eigenvalue weighted by Gasteiger charge is 2.25. The van der Waals surface area contributed by atoms with Crippen LogP contribution < -0.4 is 16.4 Å². The topological polar surface area (TPSA) is 84.2 Å². The molecule has 0 spiro atoms. The van der Waals surface area contributed by atoms with Gasteiger partial charge in [-0.2, -0.15) is 0 Å². The Morgan fingerprint density at radius 3 is 2.26 bits per heavy atom. The van der Waals surface area contributed by atoms with Gasteiger partial charge in [0.25, 0.3) is 0 Å². The zero-order valence-electron chi connectivity index (χ0n) is 11.6. The van der Waals surface area contributed by atoms with Gasteiger partial charge in [0.05, 0.1) is 12.0 Å². The van der Waals surface area contributed by atoms with Gasteiger partial charge >= 0.3 is 0 Å². The Bertz CT molecular complexity index is 452. The second-order valence-corrected chi connectivity index (χ2v) is 4.95. The van der Waals surface area contributed by atoms with Gasteiger partial charge in [-0.05, 0) is 38.1 Å². The number of likely N-dealkylation sites (N-methyl/N-ethyl adjacent to an activating group) is 1. The highest BCUT2D eigenvalue weighted by atomic mass is 16.2. The smallest absolute Gasteiger partial charge is 0.244 e. The van der Waals surface area contributed by atoms with Crippen molar-refractivity contribution in [1.29, 1.82) is 0 Å². The molecule has 0 saturated carbocycles. The molecule has 0 aliphatic heterocycles. The van der Waals surface area contributed by atoms with Crippen molar-refractivity contribution >= 4 is 17.5 Å². The Labute approximate surface area is 113 Å². The number of carbonyl (C=O) groups excluding carboxylic acids is 2. The third-order valence-corrected chi connectivity index (χ3v) is 2.78. The monoisotopic (exact) mass is 263 g/mol. The average Bonchev–Trinajstić information content (AvgIpc) is 2.30. The molecule has 0 aliphatic carbocycles. The number of amides is 2. The normalized spacial score (nSPS) is 11.1. The summed E-state index contributed by atoms with van der Waals surface area (Å²) < 4.78 is 0. The third-order valence-electron chi connectivity index (χ3n) is 2.78. The predicted molar refractivity (Wildman–Crippen MR) is 75.7 cm³/mol. The van der Waals surface area contributed by atoms with Gasteiger partial charge in [-0.25, -0.2) is 0 Å². The molecule has 5 nitrogen and oxygen atoms in total. The molecular weight excluding hydrogens is 242 g/mol. The summed E-state index contributed by atoms with van der Waals surface area (Å²) in [6.45, 7) is 6.33. The first-order chi connectivity index (χ1) is 8.85. The van der Waals surface area contributed by atoms with E-state index in [0.29, 0.717) is 5.69 Å². The molecule has 0 atom stereocenters. The van der Waals surface area contributed by atoms with Crippen molar-refractivity contribution in [2.45, 2.75) is 32.7 Å². The van der Waals surface area contributed by atoms with Crippen LogP contribution in [0.3, 0.4) is 0 Å². The zero-order valence-corrected chi connectivity index (χ0v) is 11.6. The number of carbonyl (C=O) groups is 2. The summed E-state index contributed by atoms with van der Waals surface area (Å²) >= 11 is 0. The first kappa shape index (κ1) is 15.2. The van der Waals surface area contributed by atoms with Crippen LogP contribution >= 0.6 is 0 Å². The van der Waals surface area contributed by atoms with Crippen LogP contribution in [0.15, 0.2) is 24.3 Å². The number of hydrogen-bond acceptors (Lipinski definition) is 3. The van der Waals surface area contributed by atoms with E-state index in [-0.39, 0.29) is 18.2 Å². The van der Waals surface area contributed by atoms with Crippen molar-refractivity contribution in [3.05, 3.63) is 29.8 Å². The number of hydrogen-bond donors (Lipinski definition) is 3. The van der Waals surface area contributed by atoms with Crippen LogP contribution in [0, 0.1) is 0 Å². The van der Waals surface area contributed by atoms with E-state index < -0.39 is 5.54 Å². The van der Waals surface area contributed by atoms with Gasteiger partial charge in [-0.15, -0.1) is 0 Å². The third kappa shape index (κ3) is 4.71. The molecule has 0 unspecified atom stereocenters. The number of nitrogens with two attached hydrogens (primary N) is 1. The van der Waals surface area contributed by atoms with Crippen molar-refractivity contribution in [2.24, 2.45) is 5.73 Å². The van der Waals surface area contributed by atoms with Crippen LogP contribution in [0.5, 0.6) is 0 Å². The molecule has 5 heteroatoms. The van der Waals surface area contributed by atoms with Crippen LogP contribution in [0.2, 0.25) is 0 Å². The van der Waals surface area contributed by atoms with E-state index in [2.05, 4.69) is 10.6 Å². The fourth-order valence-electron chi connectivity index (χ4n) is 1.72. The molecule has 4 N–H and O–H groups in total. The number of nitrogens with one attached hydrogen (secondary N) is 2. The SMILES string of the molecule is CCNC(C)(C)C(=O)Nc1ccc(CC(N)=O)cc1. The molecule has 0 bridgehead atoms. The lowest BCUT2D eigenvalue weighted by Gasteiger charge is -2.24. The van der Waals surface area contributed by atoms with Gasteiger partial charge in [0, 0.05) is 5.69 Å². The molecular formula is C14H21N3O2. The summed E-state index contributed by atoms with van der Waals surface area (Å²) in [5.74, 6) is -0.470. The van der Waals surface area contributed by atoms with Gasteiger partial charge in [0.15, 0.2) is 0 Å². The summed E-state index contributed by atoms with van der Waals surface area (Å²) in [4.78, 5) is 22.8. The molecule has 0 saturated heterocycles. The minimum atomic E-state index is -0.624. The maximum Gasteiger partial charge on any atom is 0.244 e. The lowest BCUT2D eigenvalue weighted by molar-refractivity contribution is -0.121. The second-order valence-electron chi connectivity index (χ2n) is 4.95. The maximum absolute atomic E-state index is 12.0. The van der Waals surface area contributed by atoms with Crippen LogP contribution in [-0.4, -0.2) is 23.9 Å². The lowest BCUT2D eigenvalue weighted by atomic mass is 10.0. The van der Waals surface area contributed by atoms with E-state index in [1.54, 1.807) is 24.3 Å². The molecule has 104 valence electrons. The van der Waals surface area contributed by atoms with E-state index in [1.807, 2.05) is 20.8 Å². The molecule has 1 aromatic rings. The summed E-state index contributed by atoms with van der Waals surface area (Å²) in [5.41, 5.74) is 6.02. The second kappa shape index (κ2) is 6.33. The van der Waals surface area contributed by atoms with Crippen LogP contribution in [0.4, 0.5) is 5.69 Å². The van der Waals surface area contributed by atoms with E-state index >= 15 is 0 Å². The van der Waals surface area contributed by atoms with E-state index in [0.717, 1.165) is 12.1 Å². The standard InChI is InChI=1S/C14H21N3O2/c1-4-16-14(2,3)13(19)17-11-7-5-10(6-8-11)9-12(15)18/h5-8,16H,4,9H2,1-3H3,(H2,15,18)(H,17,19). The zero-order chi connectivity index (χ0) is 14.5. The van der Waals surface area contributed by atoms with Gasteiger partial charge < -0.3 is 16.4 Å². The largest absolute Gasteiger partial charge is 0.369 e. The molecule has 0 radical (unpaired) electrons. The van der Waals surface area contributed by atoms with Gasteiger partial charge in [-0.3, -0.25) is 9.59 Å². The summed E-state index contributed by atoms with van der Waals surface area (Å²) in [6.07, 6.45) is 0.205. The van der Waals surface area contributed by atoms with Crippen LogP contribution in [0.25, 0.3) is 0 Å². The van der Waals surface area contributed by atoms with Crippen molar-refractivity contribution in [1.82, 2.24) is 5.32 Å². The number of primary amides is 1. The Hall–Kier alpha value is -1.88. The predicted octanol–water partition coefficient (Wildman–Crippen LogP) is 1.04. The summed E-state index contributed by atoms with van der Waals surface area (Å²) in [5, 5.41) is 5.94. The Morgan fingerprint density at radius 1 is 1.21 bits per heavy atom. The highest BCUT2D eigenvalue weighted by molar-refractivity contribution is 5.97. The first-order valence-electron chi connectivity index (χ1n) is 6.29. The molecule has 0 aromatic heterocycles. The summed E-state index contributed by atoms with van der Waals surface area (Å²) in [6, 6.07) is 7.08. The fourth-order valence-corrected chi connectivity index (χ4v) is 1.72. The highest BCUT2D eigenvalue weighted by Crippen LogP contribution is 2.13. The molecule has 1 rings (SSSR count). The summed E-state index contributed by atoms with van der Waals surface area (Å²) in [7, 11) is 0. The molecule has 2 amide bonds. The molecule has 19 heavy (non-hydrogen) atoms. The van der Waals surface area contributed by atoms with E-state index in [9.17, 15) is 9.59 Å². The van der Waals surface area contributed by atoms with E-state index in [1.165, 1.54) is 0 Å². The fraction of sp³-hybridized carbons (Fsp3) is 0.429. The average molecular weight is 263 g/mol. The van der Waals surface area contributed by atoms with E-state index in [4.69, 9.17) is 5.73 Å². The quantitative estimate of drug-likeness (QED) is 0.717. The Morgan fingerprint density at radius 2 is 1.79 bits per heavy atom. The Balaban J connectivity index is 2.67. The van der Waals surface area contributed by atoms with Crippen molar-refractivity contribution in [3.63, 3.8) is 0 Å². The molecule has 0 fully saturated rings. The first-order valence-corrected chi connectivity index (χ1v) is 6.29. The van der Waals surface area contributed by atoms with Crippen molar-refractivity contribution in [2.75, 3.05) is 11.9 Å². The van der Waals surface area contributed by atoms with Crippen molar-refractivity contribution in [3.8, 4) is 0 Å². The van der Waals surface area contributed by atoms with Crippen LogP contribution in [-0.2, 0) is 16.0 Å². The lowest BCUT2D eigenvalue weighted by Crippen LogP contribution is -2.49. The molecule has 0 heterocycles. The number of benzene rings is 1. The number of anilines is 1. The van der Waals surface area contributed by atoms with Gasteiger partial charge in [-0.1, -0.05) is 19.1 Å². The molecule has 0 aliphatic rings. The van der Waals surface area contributed by atoms with Crippen LogP contribution in [0.1, 0.15) is 26.3 Å². The van der Waals surface area contributed by atoms with Gasteiger partial charge in [0.2, 0.25) is 11.8 Å². The minimum Gasteiger partial charge on any atom is -0.369 e. The molecule has 1 aromatic carbocycles. The van der Waals surface area contributed by atoms with Gasteiger partial charge in [0.1, 0.15) is 0 Å². The Kier molecular flexibility index (Phi) is 5.06.